The molecule has 2 aliphatic rings. The first-order valence-electron chi connectivity index (χ1n) is 12.4. The molecular formula is C27H31N7O2. The largest absolute Gasteiger partial charge is 0.304 e. The predicted molar refractivity (Wildman–Crippen MR) is 141 cm³/mol. The van der Waals surface area contributed by atoms with E-state index in [2.05, 4.69) is 56.4 Å². The zero-order chi connectivity index (χ0) is 25.1. The summed E-state index contributed by atoms with van der Waals surface area (Å²) in [6, 6.07) is 11.8. The third-order valence-electron chi connectivity index (χ3n) is 7.01. The first-order valence-corrected chi connectivity index (χ1v) is 12.4. The summed E-state index contributed by atoms with van der Waals surface area (Å²) in [6.45, 7) is 7.79. The zero-order valence-corrected chi connectivity index (χ0v) is 20.7. The van der Waals surface area contributed by atoms with Crippen LogP contribution in [0.1, 0.15) is 23.6 Å². The highest BCUT2D eigenvalue weighted by Crippen LogP contribution is 2.38. The molecule has 3 heterocycles. The third-order valence-corrected chi connectivity index (χ3v) is 7.01. The van der Waals surface area contributed by atoms with Gasteiger partial charge in [0.15, 0.2) is 5.66 Å². The Morgan fingerprint density at radius 1 is 1.14 bits per heavy atom. The Kier molecular flexibility index (Phi) is 6.86. The van der Waals surface area contributed by atoms with Gasteiger partial charge in [-0.05, 0) is 48.9 Å². The van der Waals surface area contributed by atoms with Gasteiger partial charge in [0.25, 0.3) is 5.69 Å². The minimum atomic E-state index is -1.02. The van der Waals surface area contributed by atoms with Gasteiger partial charge in [-0.15, -0.1) is 0 Å². The highest BCUT2D eigenvalue weighted by molar-refractivity contribution is 5.86. The van der Waals surface area contributed by atoms with Gasteiger partial charge >= 0.3 is 0 Å². The van der Waals surface area contributed by atoms with Crippen LogP contribution in [0.2, 0.25) is 0 Å². The van der Waals surface area contributed by atoms with Crippen LogP contribution in [0.3, 0.4) is 0 Å². The summed E-state index contributed by atoms with van der Waals surface area (Å²) in [5.74, 6) is 0. The fraction of sp³-hybridized carbons (Fsp3) is 0.370. The van der Waals surface area contributed by atoms with E-state index in [0.29, 0.717) is 29.4 Å². The lowest BCUT2D eigenvalue weighted by Gasteiger charge is -2.32. The first kappa shape index (κ1) is 24.2. The molecule has 2 aromatic carbocycles. The molecule has 9 nitrogen and oxygen atoms in total. The fourth-order valence-electron chi connectivity index (χ4n) is 5.06. The molecule has 0 aliphatic carbocycles. The Morgan fingerprint density at radius 3 is 2.67 bits per heavy atom. The molecular weight excluding hydrogens is 454 g/mol. The lowest BCUT2D eigenvalue weighted by Crippen LogP contribution is -2.44. The number of allylic oxidation sites excluding steroid dienone is 1. The molecule has 2 aliphatic heterocycles. The van der Waals surface area contributed by atoms with Gasteiger partial charge in [-0.25, -0.2) is 9.97 Å². The summed E-state index contributed by atoms with van der Waals surface area (Å²) < 4.78 is 0. The molecule has 1 saturated heterocycles. The number of benzene rings is 2. The average Bonchev–Trinajstić information content (AvgIpc) is 3.29. The molecule has 3 aromatic rings. The van der Waals surface area contributed by atoms with Crippen LogP contribution in [0.5, 0.6) is 0 Å². The predicted octanol–water partition coefficient (Wildman–Crippen LogP) is 3.30. The number of fused-ring (bicyclic) bond motifs is 1. The van der Waals surface area contributed by atoms with Crippen LogP contribution in [0, 0.1) is 10.1 Å². The number of aliphatic imine (C=N–C) groups is 1. The summed E-state index contributed by atoms with van der Waals surface area (Å²) in [7, 11) is 2.17. The maximum atomic E-state index is 12.1. The normalized spacial score (nSPS) is 20.7. The monoisotopic (exact) mass is 485 g/mol. The Labute approximate surface area is 210 Å². The van der Waals surface area contributed by atoms with Crippen LogP contribution in [0.4, 0.5) is 5.69 Å². The lowest BCUT2D eigenvalue weighted by molar-refractivity contribution is -0.385. The van der Waals surface area contributed by atoms with Crippen molar-refractivity contribution in [1.82, 2.24) is 25.1 Å². The molecule has 0 saturated carbocycles. The molecule has 186 valence electrons. The van der Waals surface area contributed by atoms with Crippen molar-refractivity contribution in [2.75, 3.05) is 39.8 Å². The number of nitro groups is 1. The third kappa shape index (κ3) is 4.90. The molecule has 0 amide bonds. The van der Waals surface area contributed by atoms with Crippen molar-refractivity contribution in [3.05, 3.63) is 87.4 Å². The van der Waals surface area contributed by atoms with Gasteiger partial charge in [-0.1, -0.05) is 31.2 Å². The van der Waals surface area contributed by atoms with Crippen molar-refractivity contribution in [2.24, 2.45) is 4.99 Å². The lowest BCUT2D eigenvalue weighted by atomic mass is 9.93. The van der Waals surface area contributed by atoms with Gasteiger partial charge in [-0.3, -0.25) is 25.3 Å². The SMILES string of the molecule is CCNC1(c2cc3ncncc3cc2[N+](=O)[O-])C=C(Cc2ccccc2CN2CCN(C)CC2)C=N1. The van der Waals surface area contributed by atoms with Gasteiger partial charge in [0.2, 0.25) is 0 Å². The van der Waals surface area contributed by atoms with Gasteiger partial charge in [0.05, 0.1) is 16.0 Å². The summed E-state index contributed by atoms with van der Waals surface area (Å²) in [5, 5.41) is 16.1. The number of nitrogens with zero attached hydrogens (tertiary/aromatic N) is 6. The summed E-state index contributed by atoms with van der Waals surface area (Å²) in [5.41, 5.74) is 3.71. The molecule has 1 atom stereocenters. The van der Waals surface area contributed by atoms with Crippen molar-refractivity contribution < 1.29 is 4.92 Å². The number of aromatic nitrogens is 2. The van der Waals surface area contributed by atoms with Gasteiger partial charge < -0.3 is 4.90 Å². The quantitative estimate of drug-likeness (QED) is 0.386. The number of hydrogen-bond donors (Lipinski definition) is 1. The first-order chi connectivity index (χ1) is 17.5. The molecule has 1 fully saturated rings. The highest BCUT2D eigenvalue weighted by atomic mass is 16.6. The Hall–Kier alpha value is -3.53. The maximum absolute atomic E-state index is 12.1. The molecule has 36 heavy (non-hydrogen) atoms. The van der Waals surface area contributed by atoms with E-state index >= 15 is 0 Å². The molecule has 1 N–H and O–H groups in total. The van der Waals surface area contributed by atoms with Crippen LogP contribution in [-0.2, 0) is 18.6 Å². The Bertz CT molecular complexity index is 1330. The van der Waals surface area contributed by atoms with E-state index < -0.39 is 5.66 Å². The molecule has 5 rings (SSSR count). The Morgan fingerprint density at radius 2 is 1.92 bits per heavy atom. The van der Waals surface area contributed by atoms with Crippen molar-refractivity contribution in [2.45, 2.75) is 25.6 Å². The number of piperazine rings is 1. The van der Waals surface area contributed by atoms with E-state index in [1.165, 1.54) is 23.5 Å². The minimum Gasteiger partial charge on any atom is -0.304 e. The van der Waals surface area contributed by atoms with Crippen molar-refractivity contribution in [1.29, 1.82) is 0 Å². The number of hydrogen-bond acceptors (Lipinski definition) is 8. The average molecular weight is 486 g/mol. The summed E-state index contributed by atoms with van der Waals surface area (Å²) in [6.07, 6.45) is 7.63. The fourth-order valence-corrected chi connectivity index (χ4v) is 5.06. The topological polar surface area (TPSA) is 99.8 Å². The maximum Gasteiger partial charge on any atom is 0.277 e. The van der Waals surface area contributed by atoms with E-state index in [4.69, 9.17) is 4.99 Å². The second-order valence-corrected chi connectivity index (χ2v) is 9.51. The van der Waals surface area contributed by atoms with Crippen LogP contribution >= 0.6 is 0 Å². The van der Waals surface area contributed by atoms with Crippen LogP contribution in [0.25, 0.3) is 10.9 Å². The molecule has 0 spiro atoms. The number of likely N-dealkylation sites (N-methyl/N-ethyl adjacent to an activating group) is 2. The second-order valence-electron chi connectivity index (χ2n) is 9.51. The standard InChI is InChI=1S/C27H31N7O2/c1-3-30-27(24-14-25-23(17-28-19-29-25)13-26(24)34(35)36)15-20(16-31-27)12-21-6-4-5-7-22(21)18-33-10-8-32(2)9-11-33/h4-7,13-17,19,30H,3,8-12,18H2,1-2H3. The zero-order valence-electron chi connectivity index (χ0n) is 20.7. The summed E-state index contributed by atoms with van der Waals surface area (Å²) in [4.78, 5) is 29.7. The van der Waals surface area contributed by atoms with Crippen molar-refractivity contribution in [3.8, 4) is 0 Å². The number of nitro benzene ring substituents is 1. The van der Waals surface area contributed by atoms with E-state index in [0.717, 1.165) is 38.3 Å². The number of nitrogens with one attached hydrogen (secondary N) is 1. The van der Waals surface area contributed by atoms with E-state index in [-0.39, 0.29) is 10.6 Å². The van der Waals surface area contributed by atoms with E-state index in [9.17, 15) is 10.1 Å². The van der Waals surface area contributed by atoms with Crippen LogP contribution in [0.15, 0.2) is 65.6 Å². The van der Waals surface area contributed by atoms with Crippen molar-refractivity contribution in [3.63, 3.8) is 0 Å². The van der Waals surface area contributed by atoms with Crippen molar-refractivity contribution >= 4 is 22.8 Å². The molecule has 0 radical (unpaired) electrons. The minimum absolute atomic E-state index is 0.00312. The molecule has 1 aromatic heterocycles. The highest BCUT2D eigenvalue weighted by Gasteiger charge is 2.38. The molecule has 1 unspecified atom stereocenters. The van der Waals surface area contributed by atoms with E-state index in [1.807, 2.05) is 19.2 Å². The molecule has 9 heteroatoms. The van der Waals surface area contributed by atoms with Gasteiger partial charge in [-0.2, -0.15) is 0 Å². The Balaban J connectivity index is 1.47. The second kappa shape index (κ2) is 10.2. The summed E-state index contributed by atoms with van der Waals surface area (Å²) >= 11 is 0. The van der Waals surface area contributed by atoms with Gasteiger partial charge in [0.1, 0.15) is 6.33 Å². The van der Waals surface area contributed by atoms with Crippen LogP contribution in [-0.4, -0.2) is 70.7 Å². The smallest absolute Gasteiger partial charge is 0.277 e. The van der Waals surface area contributed by atoms with Crippen LogP contribution < -0.4 is 5.32 Å². The van der Waals surface area contributed by atoms with Gasteiger partial charge in [0, 0.05) is 56.6 Å². The number of rotatable bonds is 8. The van der Waals surface area contributed by atoms with E-state index in [1.54, 1.807) is 12.3 Å². The molecule has 0 bridgehead atoms.